The van der Waals surface area contributed by atoms with E-state index in [1.807, 2.05) is 0 Å². The summed E-state index contributed by atoms with van der Waals surface area (Å²) < 4.78 is 2.19. The van der Waals surface area contributed by atoms with E-state index in [1.165, 1.54) is 45.0 Å². The van der Waals surface area contributed by atoms with Crippen molar-refractivity contribution in [3.05, 3.63) is 189 Å². The fraction of sp³-hybridized carbons (Fsp3) is 0.116. The largest absolute Gasteiger partial charge is 0.313 e. The Morgan fingerprint density at radius 3 is 2.00 bits per heavy atom. The standard InChI is InChI=1S/C43H34Br2N2/c1-29-28-38(26-27-39(29)32-12-18-34(45)19-13-32)46(35-20-14-31(15-21-35)30-10-16-33(44)17-11-30)36-22-24-37(25-23-36)47-42-8-4-2-6-40(42)41-7-3-5-9-43(41)47/h2-6,8-29,39,41H,7H2,1H3. The van der Waals surface area contributed by atoms with Crippen LogP contribution >= 0.6 is 31.9 Å². The van der Waals surface area contributed by atoms with Gasteiger partial charge in [-0.15, -0.1) is 0 Å². The first kappa shape index (κ1) is 30.0. The summed E-state index contributed by atoms with van der Waals surface area (Å²) in [6.45, 7) is 2.32. The molecule has 0 bridgehead atoms. The first-order chi connectivity index (χ1) is 23.0. The lowest BCUT2D eigenvalue weighted by atomic mass is 9.83. The Kier molecular flexibility index (Phi) is 8.08. The van der Waals surface area contributed by atoms with Crippen LogP contribution in [0.2, 0.25) is 0 Å². The number of fused-ring (bicyclic) bond motifs is 3. The molecule has 2 aliphatic carbocycles. The van der Waals surface area contributed by atoms with Crippen molar-refractivity contribution in [3.8, 4) is 11.1 Å². The van der Waals surface area contributed by atoms with Crippen molar-refractivity contribution in [1.29, 1.82) is 0 Å². The molecular weight excluding hydrogens is 704 g/mol. The van der Waals surface area contributed by atoms with Crippen LogP contribution < -0.4 is 9.80 Å². The Bertz CT molecular complexity index is 2040. The number of hydrogen-bond acceptors (Lipinski definition) is 2. The van der Waals surface area contributed by atoms with Crippen molar-refractivity contribution in [1.82, 2.24) is 0 Å². The van der Waals surface area contributed by atoms with Crippen LogP contribution in [0.5, 0.6) is 0 Å². The molecule has 0 amide bonds. The van der Waals surface area contributed by atoms with E-state index >= 15 is 0 Å². The second-order valence-corrected chi connectivity index (χ2v) is 14.3. The van der Waals surface area contributed by atoms with E-state index in [0.29, 0.717) is 17.8 Å². The highest BCUT2D eigenvalue weighted by Gasteiger charge is 2.34. The molecule has 0 spiro atoms. The minimum Gasteiger partial charge on any atom is -0.313 e. The van der Waals surface area contributed by atoms with E-state index < -0.39 is 0 Å². The topological polar surface area (TPSA) is 6.48 Å². The molecule has 0 N–H and O–H groups in total. The lowest BCUT2D eigenvalue weighted by Gasteiger charge is -2.32. The van der Waals surface area contributed by atoms with E-state index in [4.69, 9.17) is 0 Å². The van der Waals surface area contributed by atoms with Gasteiger partial charge in [0.25, 0.3) is 0 Å². The van der Waals surface area contributed by atoms with Crippen molar-refractivity contribution in [2.75, 3.05) is 9.80 Å². The average Bonchev–Trinajstić information content (AvgIpc) is 3.44. The number of halogens is 2. The van der Waals surface area contributed by atoms with Gasteiger partial charge in [0.2, 0.25) is 0 Å². The number of rotatable bonds is 6. The number of para-hydroxylation sites is 1. The summed E-state index contributed by atoms with van der Waals surface area (Å²) in [4.78, 5) is 4.83. The summed E-state index contributed by atoms with van der Waals surface area (Å²) in [6, 6.07) is 44.1. The van der Waals surface area contributed by atoms with Crippen LogP contribution in [0.3, 0.4) is 0 Å². The Labute approximate surface area is 294 Å². The van der Waals surface area contributed by atoms with E-state index in [9.17, 15) is 0 Å². The van der Waals surface area contributed by atoms with Gasteiger partial charge in [0.1, 0.15) is 0 Å². The van der Waals surface area contributed by atoms with Crippen LogP contribution in [0.4, 0.5) is 22.7 Å². The molecule has 3 aliphatic rings. The smallest absolute Gasteiger partial charge is 0.0497 e. The predicted molar refractivity (Wildman–Crippen MR) is 205 cm³/mol. The molecule has 0 aromatic heterocycles. The van der Waals surface area contributed by atoms with Gasteiger partial charge in [0.15, 0.2) is 0 Å². The second-order valence-electron chi connectivity index (χ2n) is 12.5. The first-order valence-corrected chi connectivity index (χ1v) is 17.8. The van der Waals surface area contributed by atoms with E-state index in [2.05, 4.69) is 206 Å². The van der Waals surface area contributed by atoms with Crippen LogP contribution in [-0.2, 0) is 0 Å². The molecule has 2 nitrogen and oxygen atoms in total. The molecule has 3 unspecified atom stereocenters. The fourth-order valence-electron chi connectivity index (χ4n) is 7.25. The van der Waals surface area contributed by atoms with Gasteiger partial charge in [-0.25, -0.2) is 0 Å². The summed E-state index contributed by atoms with van der Waals surface area (Å²) in [5.41, 5.74) is 12.4. The third-order valence-corrected chi connectivity index (χ3v) is 10.7. The van der Waals surface area contributed by atoms with Crippen molar-refractivity contribution in [2.24, 2.45) is 5.92 Å². The third kappa shape index (κ3) is 5.75. The molecule has 4 heteroatoms. The second kappa shape index (κ2) is 12.7. The molecule has 5 aromatic rings. The average molecular weight is 739 g/mol. The van der Waals surface area contributed by atoms with E-state index in [0.717, 1.165) is 26.7 Å². The maximum Gasteiger partial charge on any atom is 0.0497 e. The highest BCUT2D eigenvalue weighted by Crippen LogP contribution is 2.50. The molecule has 0 saturated carbocycles. The van der Waals surface area contributed by atoms with Gasteiger partial charge in [0.05, 0.1) is 0 Å². The Hall–Kier alpha value is -4.38. The van der Waals surface area contributed by atoms with Gasteiger partial charge in [-0.2, -0.15) is 0 Å². The summed E-state index contributed by atoms with van der Waals surface area (Å²) >= 11 is 7.16. The van der Waals surface area contributed by atoms with Gasteiger partial charge in [-0.3, -0.25) is 0 Å². The highest BCUT2D eigenvalue weighted by molar-refractivity contribution is 9.10. The number of anilines is 4. The normalized spacial score (nSPS) is 19.6. The zero-order valence-corrected chi connectivity index (χ0v) is 29.3. The Balaban J connectivity index is 1.16. The number of allylic oxidation sites excluding steroid dienone is 7. The monoisotopic (exact) mass is 736 g/mol. The number of hydrogen-bond donors (Lipinski definition) is 0. The Morgan fingerprint density at radius 1 is 0.702 bits per heavy atom. The van der Waals surface area contributed by atoms with Gasteiger partial charge < -0.3 is 9.80 Å². The minimum atomic E-state index is 0.330. The van der Waals surface area contributed by atoms with Crippen molar-refractivity contribution >= 4 is 54.6 Å². The molecule has 1 aliphatic heterocycles. The van der Waals surface area contributed by atoms with Crippen LogP contribution in [0, 0.1) is 5.92 Å². The maximum atomic E-state index is 3.59. The zero-order chi connectivity index (χ0) is 31.9. The molecule has 8 rings (SSSR count). The molecule has 3 atom stereocenters. The van der Waals surface area contributed by atoms with E-state index in [1.54, 1.807) is 0 Å². The highest BCUT2D eigenvalue weighted by atomic mass is 79.9. The lowest BCUT2D eigenvalue weighted by molar-refractivity contribution is 0.628. The minimum absolute atomic E-state index is 0.330. The quantitative estimate of drug-likeness (QED) is 0.171. The predicted octanol–water partition coefficient (Wildman–Crippen LogP) is 13.0. The molecule has 5 aromatic carbocycles. The summed E-state index contributed by atoms with van der Waals surface area (Å²) in [5.74, 6) is 1.08. The lowest BCUT2D eigenvalue weighted by Crippen LogP contribution is -2.20. The summed E-state index contributed by atoms with van der Waals surface area (Å²) in [6.07, 6.45) is 14.9. The SMILES string of the molecule is CC1C=C(N(c2ccc(-c3ccc(Br)cc3)cc2)c2ccc(N3C4=CC=CCC4c4ccccc43)cc2)C=CC1c1ccc(Br)cc1. The molecule has 230 valence electrons. The zero-order valence-electron chi connectivity index (χ0n) is 26.1. The molecule has 0 radical (unpaired) electrons. The molecule has 0 saturated heterocycles. The maximum absolute atomic E-state index is 3.59. The van der Waals surface area contributed by atoms with Crippen LogP contribution in [-0.4, -0.2) is 0 Å². The van der Waals surface area contributed by atoms with Crippen molar-refractivity contribution < 1.29 is 0 Å². The third-order valence-electron chi connectivity index (χ3n) is 9.60. The molecular formula is C43H34Br2N2. The number of benzene rings is 5. The van der Waals surface area contributed by atoms with Crippen molar-refractivity contribution in [3.63, 3.8) is 0 Å². The van der Waals surface area contributed by atoms with Crippen LogP contribution in [0.1, 0.15) is 36.3 Å². The van der Waals surface area contributed by atoms with E-state index in [-0.39, 0.29) is 0 Å². The van der Waals surface area contributed by atoms with Gasteiger partial charge >= 0.3 is 0 Å². The Morgan fingerprint density at radius 2 is 1.32 bits per heavy atom. The van der Waals surface area contributed by atoms with Crippen LogP contribution in [0.15, 0.2) is 178 Å². The van der Waals surface area contributed by atoms with Crippen molar-refractivity contribution in [2.45, 2.75) is 25.2 Å². The van der Waals surface area contributed by atoms with Gasteiger partial charge in [0, 0.05) is 54.9 Å². The number of nitrogens with zero attached hydrogens (tertiary/aromatic N) is 2. The first-order valence-electron chi connectivity index (χ1n) is 16.2. The molecule has 1 heterocycles. The molecule has 47 heavy (non-hydrogen) atoms. The summed E-state index contributed by atoms with van der Waals surface area (Å²) in [7, 11) is 0. The fourth-order valence-corrected chi connectivity index (χ4v) is 7.77. The van der Waals surface area contributed by atoms with Crippen LogP contribution in [0.25, 0.3) is 11.1 Å². The summed E-state index contributed by atoms with van der Waals surface area (Å²) in [5, 5.41) is 0. The van der Waals surface area contributed by atoms with Gasteiger partial charge in [-0.05, 0) is 113 Å². The molecule has 0 fully saturated rings. The van der Waals surface area contributed by atoms with Gasteiger partial charge in [-0.1, -0.05) is 118 Å².